The van der Waals surface area contributed by atoms with Gasteiger partial charge in [-0.1, -0.05) is 50.3 Å². The summed E-state index contributed by atoms with van der Waals surface area (Å²) in [6.45, 7) is 9.48. The Bertz CT molecular complexity index is 2120. The number of nitrogens with zero attached hydrogens (tertiary/aromatic N) is 6. The Kier molecular flexibility index (Phi) is 20.6. The van der Waals surface area contributed by atoms with Crippen LogP contribution < -0.4 is 9.47 Å². The molecule has 0 saturated heterocycles. The van der Waals surface area contributed by atoms with Crippen LogP contribution in [0.15, 0.2) is 54.5 Å². The monoisotopic (exact) mass is 916 g/mol. The van der Waals surface area contributed by atoms with Crippen LogP contribution in [-0.4, -0.2) is 70.2 Å². The third-order valence-electron chi connectivity index (χ3n) is 8.32. The predicted octanol–water partition coefficient (Wildman–Crippen LogP) is 10.5. The third-order valence-corrected chi connectivity index (χ3v) is 8.32. The van der Waals surface area contributed by atoms with Gasteiger partial charge in [0, 0.05) is 23.3 Å². The van der Waals surface area contributed by atoms with Crippen LogP contribution in [0.3, 0.4) is 0 Å². The number of halogens is 6. The number of rotatable bonds is 21. The average Bonchev–Trinajstić information content (AvgIpc) is 4.02. The molecule has 6 aromatic rings. The Hall–Kier alpha value is -5.84. The fourth-order valence-corrected chi connectivity index (χ4v) is 5.71. The van der Waals surface area contributed by atoms with E-state index in [1.54, 1.807) is 64.1 Å². The van der Waals surface area contributed by atoms with Crippen LogP contribution in [0.1, 0.15) is 86.7 Å². The van der Waals surface area contributed by atoms with E-state index in [2.05, 4.69) is 39.6 Å². The molecule has 0 amide bonds. The molecule has 0 aliphatic heterocycles. The number of alkyl halides is 6. The van der Waals surface area contributed by atoms with Gasteiger partial charge in [-0.2, -0.15) is 36.3 Å². The zero-order chi connectivity index (χ0) is 42.9. The molecule has 0 saturated carbocycles. The minimum absolute atomic E-state index is 0. The maximum absolute atomic E-state index is 12.8. The normalized spacial score (nSPS) is 11.3. The van der Waals surface area contributed by atoms with Gasteiger partial charge >= 0.3 is 24.1 Å². The Morgan fingerprint density at radius 2 is 0.766 bits per heavy atom. The van der Waals surface area contributed by atoms with Crippen LogP contribution in [0.2, 0.25) is 0 Å². The second-order valence-corrected chi connectivity index (χ2v) is 13.2. The summed E-state index contributed by atoms with van der Waals surface area (Å²) in [5.41, 5.74) is 4.46. The van der Waals surface area contributed by atoms with E-state index in [1.165, 1.54) is 0 Å². The first-order valence-corrected chi connectivity index (χ1v) is 18.1. The van der Waals surface area contributed by atoms with E-state index in [4.69, 9.17) is 37.5 Å². The number of hydrogen-bond donors (Lipinski definition) is 0. The topological polar surface area (TPSA) is 185 Å². The van der Waals surface area contributed by atoms with Gasteiger partial charge in [0.15, 0.2) is 11.5 Å². The van der Waals surface area contributed by atoms with Crippen molar-refractivity contribution in [3.63, 3.8) is 0 Å². The molecular formula is C42H54F6N6O10. The smallest absolute Gasteiger partial charge is 0.471 e. The summed E-state index contributed by atoms with van der Waals surface area (Å²) in [6.07, 6.45) is -9.47. The lowest BCUT2D eigenvalue weighted by Crippen LogP contribution is -2.12. The van der Waals surface area contributed by atoms with Crippen LogP contribution in [-0.2, 0) is 57.7 Å². The van der Waals surface area contributed by atoms with E-state index < -0.39 is 24.1 Å². The molecule has 16 nitrogen and oxygen atoms in total. The second kappa shape index (κ2) is 24.3. The van der Waals surface area contributed by atoms with E-state index in [0.29, 0.717) is 107 Å². The fraction of sp³-hybridized carbons (Fsp3) is 0.476. The molecule has 0 unspecified atom stereocenters. The van der Waals surface area contributed by atoms with Gasteiger partial charge in [0.1, 0.15) is 36.1 Å². The molecule has 0 fully saturated rings. The van der Waals surface area contributed by atoms with Crippen molar-refractivity contribution in [3.05, 3.63) is 93.3 Å². The van der Waals surface area contributed by atoms with E-state index in [-0.39, 0.29) is 67.8 Å². The molecule has 2 aromatic carbocycles. The number of aromatic nitrogens is 6. The minimum atomic E-state index is -4.73. The minimum Gasteiger partial charge on any atom is -0.485 e. The standard InChI is InChI=1S/C38H38F6N6O10.4CH4/c1-21-11-25(33-45-35(59-49-33)37(39,40)41)12-22(2)31(21)55-19-29-15-27(47-57-29)17-53-9-7-51-5-6-52-8-10-54-18-28-16-30(58-48-28)20-56-32-23(3)13-26(14-24(32)4)34-46-36(60-50-34)38(42,43)44;;;;/h11-16H,5-10,17-20H2,1-4H3;4*1H4. The Balaban J connectivity index is 0.00000352. The van der Waals surface area contributed by atoms with Crippen molar-refractivity contribution in [2.24, 2.45) is 0 Å². The lowest BCUT2D eigenvalue weighted by atomic mass is 10.1. The maximum Gasteiger partial charge on any atom is 0.471 e. The molecular weight excluding hydrogens is 862 g/mol. The van der Waals surface area contributed by atoms with Gasteiger partial charge < -0.3 is 46.5 Å². The molecule has 4 heterocycles. The van der Waals surface area contributed by atoms with E-state index in [1.807, 2.05) is 0 Å². The van der Waals surface area contributed by atoms with E-state index in [9.17, 15) is 26.3 Å². The number of ether oxygens (including phenoxy) is 6. The lowest BCUT2D eigenvalue weighted by molar-refractivity contribution is -0.160. The molecule has 4 aromatic heterocycles. The number of benzene rings is 2. The van der Waals surface area contributed by atoms with Crippen molar-refractivity contribution >= 4 is 0 Å². The van der Waals surface area contributed by atoms with Gasteiger partial charge in [0.25, 0.3) is 0 Å². The Morgan fingerprint density at radius 1 is 0.438 bits per heavy atom. The maximum atomic E-state index is 12.8. The van der Waals surface area contributed by atoms with Crippen LogP contribution in [0.25, 0.3) is 22.8 Å². The molecule has 64 heavy (non-hydrogen) atoms. The molecule has 0 atom stereocenters. The van der Waals surface area contributed by atoms with Crippen molar-refractivity contribution in [2.75, 3.05) is 39.6 Å². The SMILES string of the molecule is C.C.C.C.Cc1cc(-c2noc(C(F)(F)F)n2)cc(C)c1OCc1cc(COCCOCCOCCOCc2cc(COc3c(C)cc(-c4noc(C(F)(F)F)n4)cc3C)on2)no1. The molecule has 22 heteroatoms. The molecule has 6 rings (SSSR count). The molecule has 0 spiro atoms. The summed E-state index contributed by atoms with van der Waals surface area (Å²) < 4.78 is 130. The Morgan fingerprint density at radius 3 is 1.08 bits per heavy atom. The summed E-state index contributed by atoms with van der Waals surface area (Å²) in [5, 5.41) is 14.8. The number of aryl methyl sites for hydroxylation is 4. The summed E-state index contributed by atoms with van der Waals surface area (Å²) in [4.78, 5) is 6.86. The summed E-state index contributed by atoms with van der Waals surface area (Å²) >= 11 is 0. The molecule has 354 valence electrons. The van der Waals surface area contributed by atoms with Crippen molar-refractivity contribution < 1.29 is 72.9 Å². The van der Waals surface area contributed by atoms with Gasteiger partial charge in [-0.3, -0.25) is 0 Å². The molecule has 0 radical (unpaired) electrons. The van der Waals surface area contributed by atoms with Gasteiger partial charge in [0.05, 0.1) is 52.9 Å². The highest BCUT2D eigenvalue weighted by atomic mass is 19.4. The third kappa shape index (κ3) is 14.9. The van der Waals surface area contributed by atoms with Crippen LogP contribution >= 0.6 is 0 Å². The van der Waals surface area contributed by atoms with Gasteiger partial charge in [-0.05, 0) is 74.2 Å². The fourth-order valence-electron chi connectivity index (χ4n) is 5.71. The first-order valence-electron chi connectivity index (χ1n) is 18.1. The molecule has 0 aliphatic rings. The molecule has 0 aliphatic carbocycles. The van der Waals surface area contributed by atoms with Crippen LogP contribution in [0.5, 0.6) is 11.5 Å². The van der Waals surface area contributed by atoms with Crippen LogP contribution in [0.4, 0.5) is 26.3 Å². The van der Waals surface area contributed by atoms with E-state index >= 15 is 0 Å². The lowest BCUT2D eigenvalue weighted by Gasteiger charge is -2.12. The summed E-state index contributed by atoms with van der Waals surface area (Å²) in [5.74, 6) is -1.23. The van der Waals surface area contributed by atoms with Gasteiger partial charge in [0.2, 0.25) is 11.6 Å². The second-order valence-electron chi connectivity index (χ2n) is 13.2. The van der Waals surface area contributed by atoms with E-state index in [0.717, 1.165) is 0 Å². The Labute approximate surface area is 366 Å². The highest BCUT2D eigenvalue weighted by molar-refractivity contribution is 5.62. The zero-order valence-corrected chi connectivity index (χ0v) is 32.6. The largest absolute Gasteiger partial charge is 0.485 e. The van der Waals surface area contributed by atoms with Gasteiger partial charge in [-0.25, -0.2) is 0 Å². The highest BCUT2D eigenvalue weighted by Gasteiger charge is 2.39. The van der Waals surface area contributed by atoms with Crippen molar-refractivity contribution in [3.8, 4) is 34.3 Å². The first kappa shape index (κ1) is 54.3. The predicted molar refractivity (Wildman–Crippen MR) is 218 cm³/mol. The van der Waals surface area contributed by atoms with Crippen LogP contribution in [0, 0.1) is 27.7 Å². The highest BCUT2D eigenvalue weighted by Crippen LogP contribution is 2.34. The summed E-state index contributed by atoms with van der Waals surface area (Å²) in [6, 6.07) is 9.81. The van der Waals surface area contributed by atoms with Crippen molar-refractivity contribution in [2.45, 2.75) is 96.2 Å². The average molecular weight is 917 g/mol. The zero-order valence-electron chi connectivity index (χ0n) is 32.6. The van der Waals surface area contributed by atoms with Crippen molar-refractivity contribution in [1.82, 2.24) is 30.6 Å². The quantitative estimate of drug-likeness (QED) is 0.0490. The van der Waals surface area contributed by atoms with Gasteiger partial charge in [-0.15, -0.1) is 0 Å². The molecule has 0 N–H and O–H groups in total. The summed E-state index contributed by atoms with van der Waals surface area (Å²) in [7, 11) is 0. The number of hydrogen-bond acceptors (Lipinski definition) is 16. The van der Waals surface area contributed by atoms with Crippen molar-refractivity contribution in [1.29, 1.82) is 0 Å². The first-order chi connectivity index (χ1) is 28.6. The molecule has 0 bridgehead atoms.